The van der Waals surface area contributed by atoms with Gasteiger partial charge in [-0.25, -0.2) is 0 Å². The number of halogens is 3. The standard InChI is InChI=1S/C19H24F3NO3/c1-3-23(17(24)13-7-9-14(10-8-13)18(25)26)12(2)15-5-4-6-16(11-15)19(20,21)22/h4-6,11-14H,3,7-10H2,1-2H3,(H,25,26). The number of carboxylic acid groups (broad SMARTS) is 1. The van der Waals surface area contributed by atoms with E-state index in [-0.39, 0.29) is 11.8 Å². The lowest BCUT2D eigenvalue weighted by molar-refractivity contribution is -0.146. The molecule has 1 aromatic carbocycles. The SMILES string of the molecule is CCN(C(=O)C1CCC(C(=O)O)CC1)C(C)c1cccc(C(F)(F)F)c1. The summed E-state index contributed by atoms with van der Waals surface area (Å²) < 4.78 is 38.8. The normalized spacial score (nSPS) is 21.9. The zero-order valence-electron chi connectivity index (χ0n) is 14.9. The summed E-state index contributed by atoms with van der Waals surface area (Å²) in [6, 6.07) is 4.57. The molecule has 7 heteroatoms. The molecule has 1 saturated carbocycles. The number of hydrogen-bond acceptors (Lipinski definition) is 2. The summed E-state index contributed by atoms with van der Waals surface area (Å²) in [5.74, 6) is -1.62. The number of carbonyl (C=O) groups is 2. The average Bonchev–Trinajstić information content (AvgIpc) is 2.61. The van der Waals surface area contributed by atoms with Crippen molar-refractivity contribution < 1.29 is 27.9 Å². The first-order valence-electron chi connectivity index (χ1n) is 8.85. The third-order valence-electron chi connectivity index (χ3n) is 5.21. The van der Waals surface area contributed by atoms with Crippen LogP contribution in [0.25, 0.3) is 0 Å². The van der Waals surface area contributed by atoms with E-state index in [1.54, 1.807) is 24.8 Å². The minimum Gasteiger partial charge on any atom is -0.481 e. The lowest BCUT2D eigenvalue weighted by atomic mass is 9.81. The molecule has 144 valence electrons. The highest BCUT2D eigenvalue weighted by Gasteiger charge is 2.34. The van der Waals surface area contributed by atoms with Gasteiger partial charge < -0.3 is 10.0 Å². The highest BCUT2D eigenvalue weighted by atomic mass is 19.4. The summed E-state index contributed by atoms with van der Waals surface area (Å²) in [6.45, 7) is 3.90. The second-order valence-electron chi connectivity index (χ2n) is 6.81. The van der Waals surface area contributed by atoms with Crippen molar-refractivity contribution in [1.82, 2.24) is 4.90 Å². The molecule has 0 spiro atoms. The van der Waals surface area contributed by atoms with E-state index in [9.17, 15) is 22.8 Å². The van der Waals surface area contributed by atoms with Gasteiger partial charge in [0.2, 0.25) is 5.91 Å². The predicted molar refractivity (Wildman–Crippen MR) is 90.3 cm³/mol. The highest BCUT2D eigenvalue weighted by molar-refractivity contribution is 5.80. The Hall–Kier alpha value is -2.05. The van der Waals surface area contributed by atoms with Gasteiger partial charge in [0.25, 0.3) is 0 Å². The molecule has 1 aromatic rings. The van der Waals surface area contributed by atoms with E-state index in [0.29, 0.717) is 37.8 Å². The second kappa shape index (κ2) is 8.10. The lowest BCUT2D eigenvalue weighted by Crippen LogP contribution is -2.39. The molecule has 0 heterocycles. The van der Waals surface area contributed by atoms with Crippen molar-refractivity contribution >= 4 is 11.9 Å². The van der Waals surface area contributed by atoms with Crippen molar-refractivity contribution in [2.75, 3.05) is 6.54 Å². The molecule has 0 aromatic heterocycles. The number of carboxylic acids is 1. The summed E-state index contributed by atoms with van der Waals surface area (Å²) in [7, 11) is 0. The van der Waals surface area contributed by atoms with Crippen molar-refractivity contribution in [2.24, 2.45) is 11.8 Å². The fourth-order valence-corrected chi connectivity index (χ4v) is 3.60. The van der Waals surface area contributed by atoms with Crippen molar-refractivity contribution in [2.45, 2.75) is 51.7 Å². The van der Waals surface area contributed by atoms with Crippen LogP contribution >= 0.6 is 0 Å². The van der Waals surface area contributed by atoms with E-state index in [2.05, 4.69) is 0 Å². The van der Waals surface area contributed by atoms with Crippen LogP contribution in [0.1, 0.15) is 56.7 Å². The quantitative estimate of drug-likeness (QED) is 0.829. The number of carbonyl (C=O) groups excluding carboxylic acids is 1. The Morgan fingerprint density at radius 3 is 2.27 bits per heavy atom. The van der Waals surface area contributed by atoms with Crippen molar-refractivity contribution in [3.05, 3.63) is 35.4 Å². The van der Waals surface area contributed by atoms with Crippen LogP contribution in [0.15, 0.2) is 24.3 Å². The van der Waals surface area contributed by atoms with Gasteiger partial charge in [0.1, 0.15) is 0 Å². The summed E-state index contributed by atoms with van der Waals surface area (Å²) in [5, 5.41) is 9.06. The van der Waals surface area contributed by atoms with E-state index < -0.39 is 29.7 Å². The molecule has 1 aliphatic carbocycles. The van der Waals surface area contributed by atoms with E-state index in [1.165, 1.54) is 6.07 Å². The first kappa shape index (κ1) is 20.3. The first-order chi connectivity index (χ1) is 12.1. The number of amides is 1. The van der Waals surface area contributed by atoms with Crippen LogP contribution in [-0.2, 0) is 15.8 Å². The Labute approximate surface area is 151 Å². The number of aliphatic carboxylic acids is 1. The molecular weight excluding hydrogens is 347 g/mol. The van der Waals surface area contributed by atoms with Gasteiger partial charge in [-0.2, -0.15) is 13.2 Å². The van der Waals surface area contributed by atoms with Crippen LogP contribution in [0, 0.1) is 11.8 Å². The van der Waals surface area contributed by atoms with E-state index in [4.69, 9.17) is 5.11 Å². The molecule has 0 bridgehead atoms. The molecule has 1 unspecified atom stereocenters. The van der Waals surface area contributed by atoms with E-state index in [1.807, 2.05) is 0 Å². The molecule has 4 nitrogen and oxygen atoms in total. The average molecular weight is 371 g/mol. The van der Waals surface area contributed by atoms with Crippen LogP contribution in [0.2, 0.25) is 0 Å². The number of alkyl halides is 3. The molecule has 1 N–H and O–H groups in total. The fraction of sp³-hybridized carbons (Fsp3) is 0.579. The number of nitrogens with zero attached hydrogens (tertiary/aromatic N) is 1. The minimum atomic E-state index is -4.42. The molecule has 1 atom stereocenters. The maximum Gasteiger partial charge on any atom is 0.416 e. The van der Waals surface area contributed by atoms with Gasteiger partial charge in [-0.15, -0.1) is 0 Å². The van der Waals surface area contributed by atoms with Gasteiger partial charge in [-0.3, -0.25) is 9.59 Å². The van der Waals surface area contributed by atoms with Gasteiger partial charge in [0.05, 0.1) is 17.5 Å². The van der Waals surface area contributed by atoms with Crippen LogP contribution in [-0.4, -0.2) is 28.4 Å². The molecule has 0 radical (unpaired) electrons. The number of hydrogen-bond donors (Lipinski definition) is 1. The van der Waals surface area contributed by atoms with Gasteiger partial charge in [-0.1, -0.05) is 12.1 Å². The van der Waals surface area contributed by atoms with Crippen LogP contribution in [0.4, 0.5) is 13.2 Å². The van der Waals surface area contributed by atoms with Gasteiger partial charge in [0, 0.05) is 12.5 Å². The largest absolute Gasteiger partial charge is 0.481 e. The Bertz CT molecular complexity index is 652. The predicted octanol–water partition coefficient (Wildman–Crippen LogP) is 4.51. The van der Waals surface area contributed by atoms with Crippen molar-refractivity contribution in [3.8, 4) is 0 Å². The first-order valence-corrected chi connectivity index (χ1v) is 8.85. The number of rotatable bonds is 5. The minimum absolute atomic E-state index is 0.110. The van der Waals surface area contributed by atoms with E-state index in [0.717, 1.165) is 12.1 Å². The number of benzene rings is 1. The Kier molecular flexibility index (Phi) is 6.31. The summed E-state index contributed by atoms with van der Waals surface area (Å²) in [4.78, 5) is 25.5. The van der Waals surface area contributed by atoms with Crippen LogP contribution < -0.4 is 0 Å². The molecule has 0 aliphatic heterocycles. The van der Waals surface area contributed by atoms with Crippen LogP contribution in [0.3, 0.4) is 0 Å². The lowest BCUT2D eigenvalue weighted by Gasteiger charge is -2.34. The zero-order valence-corrected chi connectivity index (χ0v) is 14.9. The topological polar surface area (TPSA) is 57.6 Å². The second-order valence-corrected chi connectivity index (χ2v) is 6.81. The molecule has 0 saturated heterocycles. The summed E-state index contributed by atoms with van der Waals surface area (Å²) in [5.41, 5.74) is -0.290. The maximum absolute atomic E-state index is 12.9. The molecule has 26 heavy (non-hydrogen) atoms. The molecule has 1 fully saturated rings. The molecule has 2 rings (SSSR count). The molecule has 1 amide bonds. The summed E-state index contributed by atoms with van der Waals surface area (Å²) in [6.07, 6.45) is -2.50. The summed E-state index contributed by atoms with van der Waals surface area (Å²) >= 11 is 0. The maximum atomic E-state index is 12.9. The molecule has 1 aliphatic rings. The van der Waals surface area contributed by atoms with Gasteiger partial charge in [-0.05, 0) is 57.2 Å². The monoisotopic (exact) mass is 371 g/mol. The Morgan fingerprint density at radius 1 is 1.19 bits per heavy atom. The smallest absolute Gasteiger partial charge is 0.416 e. The van der Waals surface area contributed by atoms with E-state index >= 15 is 0 Å². The molecular formula is C19H24F3NO3. The van der Waals surface area contributed by atoms with Crippen molar-refractivity contribution in [3.63, 3.8) is 0 Å². The van der Waals surface area contributed by atoms with Crippen molar-refractivity contribution in [1.29, 1.82) is 0 Å². The van der Waals surface area contributed by atoms with Gasteiger partial charge in [0.15, 0.2) is 0 Å². The zero-order chi connectivity index (χ0) is 19.5. The third-order valence-corrected chi connectivity index (χ3v) is 5.21. The fourth-order valence-electron chi connectivity index (χ4n) is 3.60. The Balaban J connectivity index is 2.12. The van der Waals surface area contributed by atoms with Crippen LogP contribution in [0.5, 0.6) is 0 Å². The van der Waals surface area contributed by atoms with Gasteiger partial charge >= 0.3 is 12.1 Å². The highest BCUT2D eigenvalue weighted by Crippen LogP contribution is 2.34. The third kappa shape index (κ3) is 4.56. The Morgan fingerprint density at radius 2 is 1.77 bits per heavy atom.